The lowest BCUT2D eigenvalue weighted by Crippen LogP contribution is -2.20. The number of pyridine rings is 1. The van der Waals surface area contributed by atoms with Gasteiger partial charge < -0.3 is 9.80 Å². The van der Waals surface area contributed by atoms with Gasteiger partial charge in [-0.05, 0) is 81.1 Å². The number of hydrogen-bond donors (Lipinski definition) is 0. The minimum atomic E-state index is -0.131. The van der Waals surface area contributed by atoms with E-state index >= 15 is 0 Å². The van der Waals surface area contributed by atoms with Crippen molar-refractivity contribution in [2.75, 3.05) is 45.2 Å². The van der Waals surface area contributed by atoms with E-state index in [1.54, 1.807) is 0 Å². The molecule has 2 heterocycles. The Hall–Kier alpha value is -6.01. The first-order valence-corrected chi connectivity index (χ1v) is 19.8. The fraction of sp³-hybridized carbons (Fsp3) is 0.255. The summed E-state index contributed by atoms with van der Waals surface area (Å²) in [6, 6.07) is 44.0. The van der Waals surface area contributed by atoms with E-state index in [4.69, 9.17) is 9.97 Å². The number of fused-ring (bicyclic) bond motifs is 3. The molecule has 5 aromatic carbocycles. The van der Waals surface area contributed by atoms with Crippen LogP contribution in [-0.2, 0) is 10.8 Å². The van der Waals surface area contributed by atoms with Crippen LogP contribution >= 0.6 is 0 Å². The molecule has 7 aromatic rings. The Labute approximate surface area is 338 Å². The molecule has 0 amide bonds. The zero-order chi connectivity index (χ0) is 40.6. The number of benzene rings is 5. The monoisotopic (exact) mass is 755 g/mol. The molecule has 57 heavy (non-hydrogen) atoms. The van der Waals surface area contributed by atoms with Crippen molar-refractivity contribution in [2.24, 2.45) is 0 Å². The third-order valence-corrected chi connectivity index (χ3v) is 11.8. The molecule has 0 fully saturated rings. The highest BCUT2D eigenvalue weighted by Crippen LogP contribution is 2.52. The molecule has 6 heteroatoms. The molecule has 1 aliphatic carbocycles. The van der Waals surface area contributed by atoms with Crippen LogP contribution in [-0.4, -0.2) is 49.9 Å². The van der Waals surface area contributed by atoms with Gasteiger partial charge in [0.2, 0.25) is 0 Å². The smallest absolute Gasteiger partial charge is 0.144 e. The van der Waals surface area contributed by atoms with Gasteiger partial charge in [0.25, 0.3) is 0 Å². The molecule has 0 radical (unpaired) electrons. The Morgan fingerprint density at radius 1 is 0.632 bits per heavy atom. The maximum Gasteiger partial charge on any atom is 0.144 e. The molecule has 0 saturated carbocycles. The summed E-state index contributed by atoms with van der Waals surface area (Å²) < 4.78 is 11.8. The normalized spacial score (nSPS) is 12.7. The summed E-state index contributed by atoms with van der Waals surface area (Å²) in [5.74, 6) is 0.911. The largest absolute Gasteiger partial charge is 0.376 e. The third-order valence-electron chi connectivity index (χ3n) is 11.8. The third kappa shape index (κ3) is 6.92. The number of aromatic nitrogens is 3. The second kappa shape index (κ2) is 15.5. The average molecular weight is 756 g/mol. The Bertz CT molecular complexity index is 2510. The van der Waals surface area contributed by atoms with Crippen LogP contribution in [0.3, 0.4) is 0 Å². The number of hydrogen-bond acceptors (Lipinski definition) is 4. The van der Waals surface area contributed by atoms with E-state index in [9.17, 15) is 4.39 Å². The molecule has 2 aromatic heterocycles. The fourth-order valence-corrected chi connectivity index (χ4v) is 8.49. The Morgan fingerprint density at radius 2 is 1.25 bits per heavy atom. The minimum Gasteiger partial charge on any atom is -0.376 e. The minimum absolute atomic E-state index is 0.0863. The van der Waals surface area contributed by atoms with Gasteiger partial charge in [0.05, 0.1) is 35.6 Å². The number of alkyl halides is 1. The van der Waals surface area contributed by atoms with Crippen LogP contribution in [0.25, 0.3) is 61.8 Å². The van der Waals surface area contributed by atoms with Crippen molar-refractivity contribution in [1.82, 2.24) is 14.5 Å². The molecule has 0 N–H and O–H groups in total. The number of rotatable bonds is 9. The van der Waals surface area contributed by atoms with E-state index in [0.717, 1.165) is 51.8 Å². The lowest BCUT2D eigenvalue weighted by atomic mass is 9.78. The first-order valence-electron chi connectivity index (χ1n) is 19.8. The molecule has 0 spiro atoms. The van der Waals surface area contributed by atoms with Crippen molar-refractivity contribution in [3.05, 3.63) is 150 Å². The van der Waals surface area contributed by atoms with E-state index in [-0.39, 0.29) is 10.8 Å². The summed E-state index contributed by atoms with van der Waals surface area (Å²) in [4.78, 5) is 15.0. The van der Waals surface area contributed by atoms with Crippen LogP contribution in [0.1, 0.15) is 57.7 Å². The molecule has 1 aliphatic rings. The first kappa shape index (κ1) is 39.2. The topological polar surface area (TPSA) is 37.2 Å². The molecule has 0 atom stereocenters. The van der Waals surface area contributed by atoms with Crippen molar-refractivity contribution in [3.63, 3.8) is 0 Å². The van der Waals surface area contributed by atoms with E-state index < -0.39 is 0 Å². The van der Waals surface area contributed by atoms with E-state index in [1.807, 2.05) is 6.20 Å². The van der Waals surface area contributed by atoms with Crippen LogP contribution in [0.4, 0.5) is 15.8 Å². The lowest BCUT2D eigenvalue weighted by molar-refractivity contribution is 0.507. The van der Waals surface area contributed by atoms with Crippen LogP contribution < -0.4 is 9.80 Å². The molecule has 8 rings (SSSR count). The zero-order valence-electron chi connectivity index (χ0n) is 35.0. The molecule has 0 unspecified atom stereocenters. The van der Waals surface area contributed by atoms with E-state index in [1.165, 1.54) is 44.5 Å². The fourth-order valence-electron chi connectivity index (χ4n) is 8.49. The van der Waals surface area contributed by atoms with Gasteiger partial charge >= 0.3 is 0 Å². The Balaban J connectivity index is 0.00000244. The van der Waals surface area contributed by atoms with Gasteiger partial charge in [0, 0.05) is 62.7 Å². The predicted molar refractivity (Wildman–Crippen MR) is 240 cm³/mol. The van der Waals surface area contributed by atoms with Crippen molar-refractivity contribution < 1.29 is 4.39 Å². The highest BCUT2D eigenvalue weighted by molar-refractivity contribution is 5.89. The summed E-state index contributed by atoms with van der Waals surface area (Å²) in [5, 5.41) is 0. The summed E-state index contributed by atoms with van der Waals surface area (Å²) >= 11 is 0. The zero-order valence-corrected chi connectivity index (χ0v) is 35.0. The number of imidazole rings is 1. The van der Waals surface area contributed by atoms with Gasteiger partial charge in [-0.15, -0.1) is 0 Å². The lowest BCUT2D eigenvalue weighted by Gasteiger charge is -2.29. The predicted octanol–water partition coefficient (Wildman–Crippen LogP) is 12.6. The number of nitrogens with zero attached hydrogens (tertiary/aromatic N) is 5. The molecular formula is C51H54FN5. The molecular weight excluding hydrogens is 702 g/mol. The molecule has 0 aliphatic heterocycles. The number of anilines is 2. The van der Waals surface area contributed by atoms with Gasteiger partial charge in [-0.1, -0.05) is 126 Å². The maximum absolute atomic E-state index is 9.50. The van der Waals surface area contributed by atoms with E-state index in [0.29, 0.717) is 7.18 Å². The SMILES string of the molecule is CCC(C)(C)c1ccc(-c2cccc(-c3cccc4c3C(C)(C)c3ccccc3-4)n2)cc1-c1nccn1-c1c(N(C)C)cc(-c2ccccc2)cc1N(C)C.CF. The molecule has 0 bridgehead atoms. The van der Waals surface area contributed by atoms with Gasteiger partial charge in [-0.25, -0.2) is 9.97 Å². The Morgan fingerprint density at radius 3 is 1.93 bits per heavy atom. The van der Waals surface area contributed by atoms with E-state index in [2.05, 4.69) is 205 Å². The van der Waals surface area contributed by atoms with Crippen molar-refractivity contribution >= 4 is 11.4 Å². The van der Waals surface area contributed by atoms with Crippen LogP contribution in [0.15, 0.2) is 134 Å². The van der Waals surface area contributed by atoms with Crippen LogP contribution in [0, 0.1) is 0 Å². The molecule has 0 saturated heterocycles. The van der Waals surface area contributed by atoms with Crippen LogP contribution in [0.5, 0.6) is 0 Å². The maximum atomic E-state index is 9.50. The van der Waals surface area contributed by atoms with Crippen molar-refractivity contribution in [1.29, 1.82) is 0 Å². The van der Waals surface area contributed by atoms with Crippen molar-refractivity contribution in [3.8, 4) is 61.8 Å². The first-order chi connectivity index (χ1) is 27.4. The van der Waals surface area contributed by atoms with Gasteiger partial charge in [-0.2, -0.15) is 0 Å². The quantitative estimate of drug-likeness (QED) is 0.147. The van der Waals surface area contributed by atoms with Crippen LogP contribution in [0.2, 0.25) is 0 Å². The molecule has 5 nitrogen and oxygen atoms in total. The van der Waals surface area contributed by atoms with Gasteiger partial charge in [-0.3, -0.25) is 8.96 Å². The standard InChI is InChI=1S/C50H51N5.CH3F/c1-10-49(2,3)40-27-26-34(42-24-17-25-43(52-42)38-22-16-21-37-36-20-14-15-23-41(36)50(4,5)46(37)38)30-39(40)48-51-28-29-55(48)47-44(53(6)7)31-35(32-45(47)54(8)9)33-18-12-11-13-19-33;1-2/h11-32H,10H2,1-9H3;1H3. The molecule has 290 valence electrons. The summed E-state index contributed by atoms with van der Waals surface area (Å²) in [5.41, 5.74) is 17.4. The average Bonchev–Trinajstić information content (AvgIpc) is 3.82. The van der Waals surface area contributed by atoms with Gasteiger partial charge in [0.15, 0.2) is 0 Å². The second-order valence-corrected chi connectivity index (χ2v) is 16.4. The van der Waals surface area contributed by atoms with Crippen molar-refractivity contribution in [2.45, 2.75) is 51.9 Å². The van der Waals surface area contributed by atoms with Gasteiger partial charge in [0.1, 0.15) is 5.82 Å². The second-order valence-electron chi connectivity index (χ2n) is 16.4. The summed E-state index contributed by atoms with van der Waals surface area (Å²) in [7, 11) is 8.99. The summed E-state index contributed by atoms with van der Waals surface area (Å²) in [6.45, 7) is 11.6. The Kier molecular flexibility index (Phi) is 10.7. The summed E-state index contributed by atoms with van der Waals surface area (Å²) in [6.07, 6.45) is 5.03. The number of halogens is 1. The highest BCUT2D eigenvalue weighted by atomic mass is 19.1. The highest BCUT2D eigenvalue weighted by Gasteiger charge is 2.37.